The first-order valence-corrected chi connectivity index (χ1v) is 3.25. The molecule has 1 rings (SSSR count). The van der Waals surface area contributed by atoms with Gasteiger partial charge in [-0.15, -0.1) is 0 Å². The summed E-state index contributed by atoms with van der Waals surface area (Å²) in [5.74, 6) is 0. The van der Waals surface area contributed by atoms with Crippen molar-refractivity contribution < 1.29 is 8.42 Å². The molecule has 8 heavy (non-hydrogen) atoms. The van der Waals surface area contributed by atoms with E-state index >= 15 is 0 Å². The molecule has 0 atom stereocenters. The summed E-state index contributed by atoms with van der Waals surface area (Å²) in [6, 6.07) is 0. The van der Waals surface area contributed by atoms with Gasteiger partial charge in [0.25, 0.3) is 0 Å². The highest BCUT2D eigenvalue weighted by atomic mass is 32.2. The minimum Gasteiger partial charge on any atom is -0.353 e. The third-order valence-electron chi connectivity index (χ3n) is 0.867. The van der Waals surface area contributed by atoms with Gasteiger partial charge in [0.2, 0.25) is 10.3 Å². The maximum Gasteiger partial charge on any atom is 0.234 e. The molecule has 1 N–H and O–H groups in total. The maximum absolute atomic E-state index is 10.1. The van der Waals surface area contributed by atoms with Gasteiger partial charge in [0.1, 0.15) is 4.99 Å². The van der Waals surface area contributed by atoms with E-state index in [1.165, 1.54) is 0 Å². The van der Waals surface area contributed by atoms with Gasteiger partial charge in [-0.1, -0.05) is 6.08 Å². The van der Waals surface area contributed by atoms with E-state index < -0.39 is 10.3 Å². The fourth-order valence-electron chi connectivity index (χ4n) is 0.493. The van der Waals surface area contributed by atoms with Crippen molar-refractivity contribution in [3.05, 3.63) is 12.3 Å². The topological polar surface area (TPSA) is 46.2 Å². The molecule has 0 saturated heterocycles. The zero-order valence-electron chi connectivity index (χ0n) is 4.09. The Kier molecular flexibility index (Phi) is 1.34. The summed E-state index contributed by atoms with van der Waals surface area (Å²) in [5.41, 5.74) is 0. The van der Waals surface area contributed by atoms with Crippen LogP contribution in [0.4, 0.5) is 0 Å². The Balaban J connectivity index is 2.96. The van der Waals surface area contributed by atoms with E-state index in [-0.39, 0.29) is 0 Å². The third-order valence-corrected chi connectivity index (χ3v) is 1.55. The Bertz CT molecular complexity index is 219. The van der Waals surface area contributed by atoms with Crippen LogP contribution in [0.2, 0.25) is 0 Å². The SMILES string of the molecule is O=S(=O)=C1CC=CN1. The van der Waals surface area contributed by atoms with Crippen molar-refractivity contribution in [2.75, 3.05) is 0 Å². The van der Waals surface area contributed by atoms with Crippen molar-refractivity contribution >= 4 is 15.3 Å². The molecule has 0 saturated carbocycles. The summed E-state index contributed by atoms with van der Waals surface area (Å²) in [6.45, 7) is 0. The first kappa shape index (κ1) is 5.37. The lowest BCUT2D eigenvalue weighted by Crippen LogP contribution is -2.10. The van der Waals surface area contributed by atoms with Crippen LogP contribution >= 0.6 is 0 Å². The first-order valence-electron chi connectivity index (χ1n) is 2.17. The van der Waals surface area contributed by atoms with Crippen LogP contribution in [-0.4, -0.2) is 13.4 Å². The molecule has 0 unspecified atom stereocenters. The first-order chi connectivity index (χ1) is 3.80. The molecule has 0 radical (unpaired) electrons. The highest BCUT2D eigenvalue weighted by molar-refractivity contribution is 7.72. The van der Waals surface area contributed by atoms with Gasteiger partial charge in [-0.3, -0.25) is 0 Å². The van der Waals surface area contributed by atoms with Gasteiger partial charge in [0, 0.05) is 6.42 Å². The van der Waals surface area contributed by atoms with Crippen LogP contribution in [0.3, 0.4) is 0 Å². The Labute approximate surface area is 48.5 Å². The number of nitrogens with one attached hydrogen (secondary N) is 1. The van der Waals surface area contributed by atoms with Crippen molar-refractivity contribution in [3.8, 4) is 0 Å². The fourth-order valence-corrected chi connectivity index (χ4v) is 0.889. The Morgan fingerprint density at radius 2 is 2.38 bits per heavy atom. The molecule has 0 amide bonds. The predicted molar refractivity (Wildman–Crippen MR) is 30.8 cm³/mol. The molecular weight excluding hydrogens is 126 g/mol. The van der Waals surface area contributed by atoms with E-state index in [0.717, 1.165) is 0 Å². The van der Waals surface area contributed by atoms with Crippen molar-refractivity contribution in [1.82, 2.24) is 5.32 Å². The van der Waals surface area contributed by atoms with Gasteiger partial charge in [-0.05, 0) is 6.20 Å². The third kappa shape index (κ3) is 0.894. The second-order valence-corrected chi connectivity index (χ2v) is 2.37. The molecule has 0 bridgehead atoms. The van der Waals surface area contributed by atoms with Gasteiger partial charge >= 0.3 is 0 Å². The van der Waals surface area contributed by atoms with Crippen LogP contribution in [0.1, 0.15) is 6.42 Å². The van der Waals surface area contributed by atoms with Crippen LogP contribution in [0.15, 0.2) is 12.3 Å². The molecule has 1 heterocycles. The van der Waals surface area contributed by atoms with Crippen LogP contribution in [0.5, 0.6) is 0 Å². The molecular formula is C4H5NO2S. The molecule has 4 heteroatoms. The highest BCUT2D eigenvalue weighted by Crippen LogP contribution is 1.89. The molecule has 0 aromatic carbocycles. The quantitative estimate of drug-likeness (QED) is 0.451. The van der Waals surface area contributed by atoms with Crippen molar-refractivity contribution in [2.45, 2.75) is 6.42 Å². The van der Waals surface area contributed by atoms with Gasteiger partial charge in [0.15, 0.2) is 0 Å². The summed E-state index contributed by atoms with van der Waals surface area (Å²) < 4.78 is 20.1. The molecule has 0 aliphatic carbocycles. The maximum atomic E-state index is 10.1. The number of rotatable bonds is 0. The van der Waals surface area contributed by atoms with Crippen LogP contribution in [0.25, 0.3) is 0 Å². The molecule has 0 fully saturated rings. The average Bonchev–Trinajstić information content (AvgIpc) is 2.12. The monoisotopic (exact) mass is 131 g/mol. The lowest BCUT2D eigenvalue weighted by molar-refractivity contribution is 0.626. The van der Waals surface area contributed by atoms with Crippen LogP contribution in [-0.2, 0) is 10.3 Å². The minimum absolute atomic E-state index is 0.352. The average molecular weight is 131 g/mol. The molecule has 0 spiro atoms. The van der Waals surface area contributed by atoms with Gasteiger partial charge in [-0.25, -0.2) is 0 Å². The fraction of sp³-hybridized carbons (Fsp3) is 0.250. The van der Waals surface area contributed by atoms with E-state index in [9.17, 15) is 8.42 Å². The molecule has 3 nitrogen and oxygen atoms in total. The highest BCUT2D eigenvalue weighted by Gasteiger charge is 1.99. The molecule has 0 aromatic heterocycles. The molecule has 0 aromatic rings. The smallest absolute Gasteiger partial charge is 0.234 e. The van der Waals surface area contributed by atoms with E-state index in [0.29, 0.717) is 11.4 Å². The standard InChI is InChI=1S/C4H5NO2S/c6-8(7)4-2-1-3-5-4/h1,3,5H,2H2. The number of hydrogen-bond donors (Lipinski definition) is 1. The van der Waals surface area contributed by atoms with E-state index in [1.54, 1.807) is 12.3 Å². The van der Waals surface area contributed by atoms with E-state index in [4.69, 9.17) is 0 Å². The van der Waals surface area contributed by atoms with E-state index in [1.807, 2.05) is 0 Å². The van der Waals surface area contributed by atoms with E-state index in [2.05, 4.69) is 5.32 Å². The zero-order valence-corrected chi connectivity index (χ0v) is 4.90. The Hall–Kier alpha value is -0.770. The van der Waals surface area contributed by atoms with Crippen molar-refractivity contribution in [1.29, 1.82) is 0 Å². The number of hydrogen-bond acceptors (Lipinski definition) is 2. The molecule has 1 aliphatic rings. The largest absolute Gasteiger partial charge is 0.353 e. The summed E-state index contributed by atoms with van der Waals surface area (Å²) >= 11 is 0. The van der Waals surface area contributed by atoms with Gasteiger partial charge < -0.3 is 5.32 Å². The second-order valence-electron chi connectivity index (χ2n) is 1.41. The van der Waals surface area contributed by atoms with Crippen molar-refractivity contribution in [3.63, 3.8) is 0 Å². The zero-order chi connectivity index (χ0) is 5.98. The molecule has 44 valence electrons. The predicted octanol–water partition coefficient (Wildman–Crippen LogP) is -0.498. The summed E-state index contributed by atoms with van der Waals surface area (Å²) in [4.78, 5) is 0.352. The summed E-state index contributed by atoms with van der Waals surface area (Å²) in [6.07, 6.45) is 3.88. The second kappa shape index (κ2) is 2.00. The summed E-state index contributed by atoms with van der Waals surface area (Å²) in [7, 11) is -2.05. The molecule has 1 aliphatic heterocycles. The lowest BCUT2D eigenvalue weighted by Gasteiger charge is -1.83. The Morgan fingerprint density at radius 1 is 1.62 bits per heavy atom. The minimum atomic E-state index is -2.05. The Morgan fingerprint density at radius 3 is 2.62 bits per heavy atom. The lowest BCUT2D eigenvalue weighted by atomic mass is 10.5. The normalized spacial score (nSPS) is 16.2. The van der Waals surface area contributed by atoms with Crippen LogP contribution in [0, 0.1) is 0 Å². The van der Waals surface area contributed by atoms with Crippen molar-refractivity contribution in [2.24, 2.45) is 0 Å². The summed E-state index contributed by atoms with van der Waals surface area (Å²) in [5, 5.41) is 2.58. The van der Waals surface area contributed by atoms with Gasteiger partial charge in [0.05, 0.1) is 0 Å². The van der Waals surface area contributed by atoms with Crippen LogP contribution < -0.4 is 5.32 Å². The van der Waals surface area contributed by atoms with Gasteiger partial charge in [-0.2, -0.15) is 8.42 Å².